The molecule has 3 N–H and O–H groups in total. The molecule has 0 aliphatic heterocycles. The van der Waals surface area contributed by atoms with E-state index in [4.69, 9.17) is 10.5 Å². The first kappa shape index (κ1) is 16.8. The highest BCUT2D eigenvalue weighted by Crippen LogP contribution is 2.38. The predicted molar refractivity (Wildman–Crippen MR) is 104 cm³/mol. The number of hydrogen-bond acceptors (Lipinski definition) is 4. The summed E-state index contributed by atoms with van der Waals surface area (Å²) >= 11 is 0. The van der Waals surface area contributed by atoms with Gasteiger partial charge in [-0.2, -0.15) is 5.10 Å². The van der Waals surface area contributed by atoms with Crippen LogP contribution in [0, 0.1) is 6.92 Å². The summed E-state index contributed by atoms with van der Waals surface area (Å²) in [5, 5.41) is 4.66. The van der Waals surface area contributed by atoms with E-state index in [9.17, 15) is 4.79 Å². The number of nitrogens with zero attached hydrogens (tertiary/aromatic N) is 3. The zero-order valence-corrected chi connectivity index (χ0v) is 15.3. The topological polar surface area (TPSA) is 98.8 Å². The number of amides is 1. The van der Waals surface area contributed by atoms with Gasteiger partial charge in [-0.1, -0.05) is 24.3 Å². The van der Waals surface area contributed by atoms with E-state index in [-0.39, 0.29) is 0 Å². The standard InChI is InChI=1S/C20H19N5O2/c1-11-6-4-5-7-13(11)16-18(27-3)17(25(2)24-16)20-22-14-9-8-12(19(21)26)10-15(14)23-20/h4-10H,1-3H3,(H2,21,26)(H,22,23). The van der Waals surface area contributed by atoms with Crippen molar-refractivity contribution in [3.05, 3.63) is 53.6 Å². The summed E-state index contributed by atoms with van der Waals surface area (Å²) in [6.07, 6.45) is 0. The Morgan fingerprint density at radius 1 is 1.22 bits per heavy atom. The molecule has 4 aromatic rings. The van der Waals surface area contributed by atoms with Crippen molar-refractivity contribution >= 4 is 16.9 Å². The molecule has 7 heteroatoms. The first-order valence-electron chi connectivity index (χ1n) is 8.46. The Morgan fingerprint density at radius 3 is 2.70 bits per heavy atom. The number of nitrogens with one attached hydrogen (secondary N) is 1. The lowest BCUT2D eigenvalue weighted by atomic mass is 10.1. The van der Waals surface area contributed by atoms with Gasteiger partial charge >= 0.3 is 0 Å². The molecule has 0 spiro atoms. The highest BCUT2D eigenvalue weighted by molar-refractivity contribution is 5.96. The largest absolute Gasteiger partial charge is 0.492 e. The average Bonchev–Trinajstić information content (AvgIpc) is 3.21. The fourth-order valence-electron chi connectivity index (χ4n) is 3.25. The monoisotopic (exact) mass is 361 g/mol. The second kappa shape index (κ2) is 6.28. The zero-order chi connectivity index (χ0) is 19.1. The molecule has 0 aliphatic carbocycles. The third kappa shape index (κ3) is 2.73. The molecule has 0 bridgehead atoms. The minimum Gasteiger partial charge on any atom is -0.492 e. The second-order valence-corrected chi connectivity index (χ2v) is 6.35. The van der Waals surface area contributed by atoms with Crippen LogP contribution in [0.5, 0.6) is 5.75 Å². The molecule has 1 amide bonds. The van der Waals surface area contributed by atoms with E-state index < -0.39 is 5.91 Å². The average molecular weight is 361 g/mol. The highest BCUT2D eigenvalue weighted by atomic mass is 16.5. The predicted octanol–water partition coefficient (Wildman–Crippen LogP) is 3.05. The summed E-state index contributed by atoms with van der Waals surface area (Å²) in [4.78, 5) is 19.3. The normalized spacial score (nSPS) is 11.1. The van der Waals surface area contributed by atoms with Crippen LogP contribution in [0.25, 0.3) is 33.8 Å². The number of hydrogen-bond donors (Lipinski definition) is 2. The summed E-state index contributed by atoms with van der Waals surface area (Å²) in [5.41, 5.74) is 10.8. The molecule has 0 radical (unpaired) electrons. The Bertz CT molecular complexity index is 1170. The number of methoxy groups -OCH3 is 1. The lowest BCUT2D eigenvalue weighted by Crippen LogP contribution is -2.10. The Labute approximate surface area is 155 Å². The summed E-state index contributed by atoms with van der Waals surface area (Å²) in [5.74, 6) is 0.771. The van der Waals surface area contributed by atoms with Crippen molar-refractivity contribution < 1.29 is 9.53 Å². The van der Waals surface area contributed by atoms with E-state index in [2.05, 4.69) is 15.1 Å². The first-order valence-corrected chi connectivity index (χ1v) is 8.46. The van der Waals surface area contributed by atoms with E-state index in [1.807, 2.05) is 38.2 Å². The number of carbonyl (C=O) groups is 1. The van der Waals surface area contributed by atoms with Crippen LogP contribution >= 0.6 is 0 Å². The van der Waals surface area contributed by atoms with Gasteiger partial charge in [0.05, 0.1) is 18.1 Å². The molecule has 4 rings (SSSR count). The molecule has 0 atom stereocenters. The molecule has 7 nitrogen and oxygen atoms in total. The highest BCUT2D eigenvalue weighted by Gasteiger charge is 2.23. The molecule has 0 aliphatic rings. The summed E-state index contributed by atoms with van der Waals surface area (Å²) in [6.45, 7) is 2.04. The molecule has 27 heavy (non-hydrogen) atoms. The quantitative estimate of drug-likeness (QED) is 0.583. The van der Waals surface area contributed by atoms with E-state index in [1.54, 1.807) is 30.0 Å². The molecule has 0 saturated carbocycles. The van der Waals surface area contributed by atoms with Gasteiger partial charge in [0.2, 0.25) is 5.91 Å². The SMILES string of the molecule is COc1c(-c2ccccc2C)nn(C)c1-c1nc2ccc(C(N)=O)cc2[nH]1. The summed E-state index contributed by atoms with van der Waals surface area (Å²) in [7, 11) is 3.47. The number of aromatic amines is 1. The fraction of sp³-hybridized carbons (Fsp3) is 0.150. The van der Waals surface area contributed by atoms with Gasteiger partial charge in [0.25, 0.3) is 0 Å². The molecular formula is C20H19N5O2. The molecule has 2 aromatic carbocycles. The number of primary amides is 1. The van der Waals surface area contributed by atoms with Crippen LogP contribution in [0.3, 0.4) is 0 Å². The lowest BCUT2D eigenvalue weighted by molar-refractivity contribution is 0.100. The minimum atomic E-state index is -0.479. The van der Waals surface area contributed by atoms with Crippen LogP contribution in [0.1, 0.15) is 15.9 Å². The molecule has 0 saturated heterocycles. The molecule has 0 fully saturated rings. The van der Waals surface area contributed by atoms with Gasteiger partial charge in [-0.3, -0.25) is 9.48 Å². The van der Waals surface area contributed by atoms with Crippen molar-refractivity contribution in [3.8, 4) is 28.5 Å². The van der Waals surface area contributed by atoms with Gasteiger partial charge < -0.3 is 15.5 Å². The Hall–Kier alpha value is -3.61. The summed E-state index contributed by atoms with van der Waals surface area (Å²) in [6, 6.07) is 13.1. The maximum absolute atomic E-state index is 11.4. The smallest absolute Gasteiger partial charge is 0.248 e. The molecule has 2 aromatic heterocycles. The minimum absolute atomic E-state index is 0.426. The molecule has 0 unspecified atom stereocenters. The number of aromatic nitrogens is 4. The first-order chi connectivity index (χ1) is 13.0. The van der Waals surface area contributed by atoms with Crippen LogP contribution in [0.2, 0.25) is 0 Å². The number of aryl methyl sites for hydroxylation is 2. The molecule has 136 valence electrons. The number of benzene rings is 2. The maximum Gasteiger partial charge on any atom is 0.248 e. The van der Waals surface area contributed by atoms with Crippen LogP contribution < -0.4 is 10.5 Å². The van der Waals surface area contributed by atoms with Crippen molar-refractivity contribution in [1.82, 2.24) is 19.7 Å². The van der Waals surface area contributed by atoms with Crippen molar-refractivity contribution in [2.75, 3.05) is 7.11 Å². The number of nitrogens with two attached hydrogens (primary N) is 1. The maximum atomic E-state index is 11.4. The summed E-state index contributed by atoms with van der Waals surface area (Å²) < 4.78 is 7.45. The van der Waals surface area contributed by atoms with Gasteiger partial charge in [0.1, 0.15) is 11.4 Å². The van der Waals surface area contributed by atoms with Crippen LogP contribution in [0.15, 0.2) is 42.5 Å². The van der Waals surface area contributed by atoms with Crippen LogP contribution in [-0.4, -0.2) is 32.8 Å². The fourth-order valence-corrected chi connectivity index (χ4v) is 3.25. The number of H-pyrrole nitrogens is 1. The second-order valence-electron chi connectivity index (χ2n) is 6.35. The number of imidazole rings is 1. The lowest BCUT2D eigenvalue weighted by Gasteiger charge is -2.05. The van der Waals surface area contributed by atoms with Gasteiger partial charge in [0, 0.05) is 18.2 Å². The molecular weight excluding hydrogens is 342 g/mol. The third-order valence-corrected chi connectivity index (χ3v) is 4.60. The van der Waals surface area contributed by atoms with Crippen molar-refractivity contribution in [2.45, 2.75) is 6.92 Å². The number of fused-ring (bicyclic) bond motifs is 1. The van der Waals surface area contributed by atoms with Crippen molar-refractivity contribution in [1.29, 1.82) is 0 Å². The number of rotatable bonds is 4. The number of ether oxygens (including phenoxy) is 1. The van der Waals surface area contributed by atoms with E-state index in [0.29, 0.717) is 17.1 Å². The van der Waals surface area contributed by atoms with Gasteiger partial charge in [0.15, 0.2) is 11.6 Å². The van der Waals surface area contributed by atoms with E-state index in [1.165, 1.54) is 0 Å². The zero-order valence-electron chi connectivity index (χ0n) is 15.3. The van der Waals surface area contributed by atoms with Crippen LogP contribution in [0.4, 0.5) is 0 Å². The van der Waals surface area contributed by atoms with Crippen molar-refractivity contribution in [2.24, 2.45) is 12.8 Å². The van der Waals surface area contributed by atoms with E-state index in [0.717, 1.165) is 33.5 Å². The Morgan fingerprint density at radius 2 is 2.00 bits per heavy atom. The van der Waals surface area contributed by atoms with Gasteiger partial charge in [-0.15, -0.1) is 0 Å². The van der Waals surface area contributed by atoms with Gasteiger partial charge in [-0.05, 0) is 30.7 Å². The van der Waals surface area contributed by atoms with Gasteiger partial charge in [-0.25, -0.2) is 4.98 Å². The third-order valence-electron chi connectivity index (χ3n) is 4.60. The van der Waals surface area contributed by atoms with Crippen LogP contribution in [-0.2, 0) is 7.05 Å². The van der Waals surface area contributed by atoms with Crippen molar-refractivity contribution in [3.63, 3.8) is 0 Å². The Kier molecular flexibility index (Phi) is 3.92. The molecule has 2 heterocycles. The number of carbonyl (C=O) groups excluding carboxylic acids is 1. The Balaban J connectivity index is 1.91. The van der Waals surface area contributed by atoms with E-state index >= 15 is 0 Å².